The van der Waals surface area contributed by atoms with E-state index in [1.807, 2.05) is 0 Å². The van der Waals surface area contributed by atoms with Gasteiger partial charge in [-0.1, -0.05) is 17.7 Å². The molecule has 5 nitrogen and oxygen atoms in total. The zero-order valence-electron chi connectivity index (χ0n) is 13.2. The number of aromatic nitrogens is 1. The summed E-state index contributed by atoms with van der Waals surface area (Å²) in [6.07, 6.45) is 0. The minimum atomic E-state index is -0.507. The summed E-state index contributed by atoms with van der Waals surface area (Å²) in [7, 11) is 0. The van der Waals surface area contributed by atoms with Crippen molar-refractivity contribution >= 4 is 23.4 Å². The highest BCUT2D eigenvalue weighted by molar-refractivity contribution is 6.30. The molecule has 0 aliphatic carbocycles. The predicted molar refractivity (Wildman–Crippen MR) is 87.5 cm³/mol. The Labute approximate surface area is 139 Å². The number of hydrogen-bond acceptors (Lipinski definition) is 4. The number of aryl methyl sites for hydroxylation is 1. The summed E-state index contributed by atoms with van der Waals surface area (Å²) in [6, 6.07) is 6.97. The van der Waals surface area contributed by atoms with Crippen molar-refractivity contribution in [2.24, 2.45) is 0 Å². The normalized spacial score (nSPS) is 10.4. The fraction of sp³-hybridized carbons (Fsp3) is 0.294. The first-order valence-electron chi connectivity index (χ1n) is 7.15. The number of halogens is 1. The van der Waals surface area contributed by atoms with Crippen molar-refractivity contribution in [2.75, 3.05) is 13.2 Å². The molecular weight excluding hydrogens is 318 g/mol. The van der Waals surface area contributed by atoms with E-state index in [0.717, 1.165) is 0 Å². The smallest absolute Gasteiger partial charge is 0.355 e. The molecule has 0 amide bonds. The number of hydrogen-bond donors (Lipinski definition) is 1. The molecule has 0 saturated carbocycles. The number of benzene rings is 1. The molecule has 23 heavy (non-hydrogen) atoms. The molecule has 0 fully saturated rings. The number of Topliss-reactive ketones (excluding diaryl/α,β-unsaturated/α-hetero) is 1. The van der Waals surface area contributed by atoms with Crippen molar-refractivity contribution in [2.45, 2.75) is 20.8 Å². The molecule has 2 rings (SSSR count). The number of carbonyl (C=O) groups is 2. The molecule has 6 heteroatoms. The van der Waals surface area contributed by atoms with Crippen molar-refractivity contribution < 1.29 is 19.1 Å². The predicted octanol–water partition coefficient (Wildman–Crippen LogP) is 3.72. The Kier molecular flexibility index (Phi) is 5.45. The maximum atomic E-state index is 12.1. The molecule has 1 aromatic carbocycles. The second-order valence-electron chi connectivity index (χ2n) is 5.12. The number of esters is 1. The Balaban J connectivity index is 1.90. The van der Waals surface area contributed by atoms with Crippen LogP contribution in [0, 0.1) is 13.8 Å². The van der Waals surface area contributed by atoms with E-state index in [4.69, 9.17) is 21.1 Å². The molecule has 0 atom stereocenters. The van der Waals surface area contributed by atoms with Crippen molar-refractivity contribution in [3.05, 3.63) is 51.8 Å². The third kappa shape index (κ3) is 4.13. The maximum Gasteiger partial charge on any atom is 0.355 e. The van der Waals surface area contributed by atoms with E-state index in [2.05, 4.69) is 4.98 Å². The standard InChI is InChI=1S/C17H18ClNO4/c1-10-15(12(3)20)11(2)19-16(10)17(21)23-8-7-22-14-6-4-5-13(18)9-14/h4-6,9,19H,7-8H2,1-3H3. The van der Waals surface area contributed by atoms with E-state index in [-0.39, 0.29) is 19.0 Å². The number of ketones is 1. The van der Waals surface area contributed by atoms with Crippen LogP contribution in [0.25, 0.3) is 0 Å². The summed E-state index contributed by atoms with van der Waals surface area (Å²) in [5.41, 5.74) is 2.11. The Morgan fingerprint density at radius 2 is 1.96 bits per heavy atom. The zero-order valence-corrected chi connectivity index (χ0v) is 14.0. The van der Waals surface area contributed by atoms with Crippen LogP contribution in [0.2, 0.25) is 5.02 Å². The van der Waals surface area contributed by atoms with Gasteiger partial charge in [-0.2, -0.15) is 0 Å². The number of carbonyl (C=O) groups excluding carboxylic acids is 2. The highest BCUT2D eigenvalue weighted by atomic mass is 35.5. The maximum absolute atomic E-state index is 12.1. The van der Waals surface area contributed by atoms with Gasteiger partial charge in [-0.15, -0.1) is 0 Å². The third-order valence-electron chi connectivity index (χ3n) is 3.37. The monoisotopic (exact) mass is 335 g/mol. The van der Waals surface area contributed by atoms with Gasteiger partial charge in [0.05, 0.1) is 0 Å². The molecule has 0 aliphatic rings. The average molecular weight is 336 g/mol. The summed E-state index contributed by atoms with van der Waals surface area (Å²) in [4.78, 5) is 26.5. The van der Waals surface area contributed by atoms with E-state index in [1.165, 1.54) is 6.92 Å². The molecule has 122 valence electrons. The lowest BCUT2D eigenvalue weighted by Crippen LogP contribution is -2.13. The van der Waals surface area contributed by atoms with Crippen LogP contribution in [0.3, 0.4) is 0 Å². The van der Waals surface area contributed by atoms with Crippen LogP contribution in [0.1, 0.15) is 39.0 Å². The summed E-state index contributed by atoms with van der Waals surface area (Å²) in [5, 5.41) is 0.578. The van der Waals surface area contributed by atoms with Crippen LogP contribution in [-0.2, 0) is 4.74 Å². The molecule has 0 saturated heterocycles. The van der Waals surface area contributed by atoms with E-state index in [9.17, 15) is 9.59 Å². The molecule has 0 aliphatic heterocycles. The van der Waals surface area contributed by atoms with Gasteiger partial charge in [0.1, 0.15) is 24.7 Å². The topological polar surface area (TPSA) is 68.4 Å². The van der Waals surface area contributed by atoms with Crippen LogP contribution in [0.5, 0.6) is 5.75 Å². The van der Waals surface area contributed by atoms with Crippen LogP contribution in [0.15, 0.2) is 24.3 Å². The Morgan fingerprint density at radius 1 is 1.22 bits per heavy atom. The molecule has 2 aromatic rings. The van der Waals surface area contributed by atoms with Gasteiger partial charge in [0.15, 0.2) is 5.78 Å². The number of ether oxygens (including phenoxy) is 2. The molecule has 1 N–H and O–H groups in total. The van der Waals surface area contributed by atoms with Gasteiger partial charge < -0.3 is 14.5 Å². The molecule has 0 bridgehead atoms. The fourth-order valence-corrected chi connectivity index (χ4v) is 2.59. The van der Waals surface area contributed by atoms with E-state index < -0.39 is 5.97 Å². The van der Waals surface area contributed by atoms with Crippen LogP contribution < -0.4 is 4.74 Å². The number of H-pyrrole nitrogens is 1. The molecule has 0 spiro atoms. The van der Waals surface area contributed by atoms with E-state index in [0.29, 0.717) is 33.3 Å². The SMILES string of the molecule is CC(=O)c1c(C)[nH]c(C(=O)OCCOc2cccc(Cl)c2)c1C. The Hall–Kier alpha value is -2.27. The highest BCUT2D eigenvalue weighted by Gasteiger charge is 2.20. The van der Waals surface area contributed by atoms with Crippen LogP contribution in [0.4, 0.5) is 0 Å². The number of nitrogens with one attached hydrogen (secondary N) is 1. The number of aromatic amines is 1. The molecule has 1 aromatic heterocycles. The summed E-state index contributed by atoms with van der Waals surface area (Å²) in [5.74, 6) is 0.0201. The lowest BCUT2D eigenvalue weighted by atomic mass is 10.1. The Morgan fingerprint density at radius 3 is 2.57 bits per heavy atom. The quantitative estimate of drug-likeness (QED) is 0.496. The molecule has 1 heterocycles. The first kappa shape index (κ1) is 17.1. The van der Waals surface area contributed by atoms with Gasteiger partial charge in [-0.05, 0) is 44.5 Å². The van der Waals surface area contributed by atoms with Gasteiger partial charge in [0.2, 0.25) is 0 Å². The molecular formula is C17H18ClNO4. The fourth-order valence-electron chi connectivity index (χ4n) is 2.41. The van der Waals surface area contributed by atoms with Gasteiger partial charge in [-0.3, -0.25) is 4.79 Å². The second-order valence-corrected chi connectivity index (χ2v) is 5.56. The van der Waals surface area contributed by atoms with Gasteiger partial charge in [0, 0.05) is 16.3 Å². The lowest BCUT2D eigenvalue weighted by Gasteiger charge is -2.07. The summed E-state index contributed by atoms with van der Waals surface area (Å²) in [6.45, 7) is 5.25. The first-order chi connectivity index (χ1) is 10.9. The van der Waals surface area contributed by atoms with Crippen molar-refractivity contribution in [3.8, 4) is 5.75 Å². The van der Waals surface area contributed by atoms with Gasteiger partial charge in [0.25, 0.3) is 0 Å². The minimum absolute atomic E-state index is 0.0837. The van der Waals surface area contributed by atoms with Crippen molar-refractivity contribution in [1.29, 1.82) is 0 Å². The number of rotatable bonds is 6. The van der Waals surface area contributed by atoms with Crippen LogP contribution >= 0.6 is 11.6 Å². The zero-order chi connectivity index (χ0) is 17.0. The van der Waals surface area contributed by atoms with Gasteiger partial charge in [-0.25, -0.2) is 4.79 Å². The Bertz CT molecular complexity index is 736. The highest BCUT2D eigenvalue weighted by Crippen LogP contribution is 2.19. The van der Waals surface area contributed by atoms with E-state index >= 15 is 0 Å². The largest absolute Gasteiger partial charge is 0.490 e. The molecule has 0 radical (unpaired) electrons. The minimum Gasteiger partial charge on any atom is -0.490 e. The van der Waals surface area contributed by atoms with Crippen molar-refractivity contribution in [3.63, 3.8) is 0 Å². The van der Waals surface area contributed by atoms with E-state index in [1.54, 1.807) is 38.1 Å². The summed E-state index contributed by atoms with van der Waals surface area (Å²) < 4.78 is 10.6. The van der Waals surface area contributed by atoms with Gasteiger partial charge >= 0.3 is 5.97 Å². The average Bonchev–Trinajstić information content (AvgIpc) is 2.78. The van der Waals surface area contributed by atoms with Crippen LogP contribution in [-0.4, -0.2) is 30.0 Å². The van der Waals surface area contributed by atoms with Crippen molar-refractivity contribution in [1.82, 2.24) is 4.98 Å². The first-order valence-corrected chi connectivity index (χ1v) is 7.53. The second kappa shape index (κ2) is 7.33. The third-order valence-corrected chi connectivity index (χ3v) is 3.61. The summed E-state index contributed by atoms with van der Waals surface area (Å²) >= 11 is 5.85. The molecule has 0 unspecified atom stereocenters. The lowest BCUT2D eigenvalue weighted by molar-refractivity contribution is 0.0443.